The smallest absolute Gasteiger partial charge is 0.160 e. The van der Waals surface area contributed by atoms with Crippen LogP contribution in [0.15, 0.2) is 36.4 Å². The second kappa shape index (κ2) is 14.6. The molecule has 3 rings (SSSR count). The Morgan fingerprint density at radius 3 is 2.38 bits per heavy atom. The quantitative estimate of drug-likeness (QED) is 0.207. The van der Waals surface area contributed by atoms with Crippen molar-refractivity contribution < 1.29 is 15.3 Å². The summed E-state index contributed by atoms with van der Waals surface area (Å²) >= 11 is 0. The van der Waals surface area contributed by atoms with Gasteiger partial charge >= 0.3 is 0 Å². The van der Waals surface area contributed by atoms with E-state index in [-0.39, 0.29) is 42.9 Å². The number of phenolic OH excluding ortho intramolecular Hbond substituents is 2. The third-order valence-electron chi connectivity index (χ3n) is 6.17. The molecule has 0 saturated carbocycles. The summed E-state index contributed by atoms with van der Waals surface area (Å²) < 4.78 is 0. The Morgan fingerprint density at radius 2 is 1.69 bits per heavy atom. The van der Waals surface area contributed by atoms with Crippen molar-refractivity contribution in [3.05, 3.63) is 58.7 Å². The number of hydrazine groups is 1. The third-order valence-corrected chi connectivity index (χ3v) is 6.17. The summed E-state index contributed by atoms with van der Waals surface area (Å²) in [5, 5.41) is 31.6. The number of aromatic hydroxyl groups is 2. The Labute approximate surface area is 204 Å². The fourth-order valence-corrected chi connectivity index (χ4v) is 4.32. The number of rotatable bonds is 11. The summed E-state index contributed by atoms with van der Waals surface area (Å²) in [6.07, 6.45) is 8.50. The van der Waals surface area contributed by atoms with Crippen LogP contribution in [0.2, 0.25) is 0 Å². The van der Waals surface area contributed by atoms with E-state index >= 15 is 0 Å². The number of aliphatic hydroxyl groups excluding tert-OH is 1. The van der Waals surface area contributed by atoms with Crippen LogP contribution in [0.3, 0.4) is 0 Å². The van der Waals surface area contributed by atoms with Gasteiger partial charge in [-0.25, -0.2) is 5.01 Å². The molecule has 5 nitrogen and oxygen atoms in total. The lowest BCUT2D eigenvalue weighted by Gasteiger charge is -2.36. The maximum absolute atomic E-state index is 10.2. The van der Waals surface area contributed by atoms with Gasteiger partial charge in [-0.3, -0.25) is 5.43 Å². The number of nitrogens with zero attached hydrogens (tertiary/aromatic N) is 1. The minimum atomic E-state index is -0.0195. The molecule has 32 heavy (non-hydrogen) atoms. The number of halogens is 2. The predicted octanol–water partition coefficient (Wildman–Crippen LogP) is 4.92. The van der Waals surface area contributed by atoms with Gasteiger partial charge in [0.05, 0.1) is 6.61 Å². The van der Waals surface area contributed by atoms with Gasteiger partial charge in [-0.2, -0.15) is 0 Å². The third kappa shape index (κ3) is 7.82. The highest BCUT2D eigenvalue weighted by Crippen LogP contribution is 2.36. The van der Waals surface area contributed by atoms with Crippen LogP contribution in [0, 0.1) is 0 Å². The normalized spacial score (nSPS) is 15.0. The Hall–Kier alpha value is -1.50. The molecule has 0 aliphatic heterocycles. The van der Waals surface area contributed by atoms with Crippen molar-refractivity contribution in [3.8, 4) is 11.5 Å². The number of unbranched alkanes of at least 4 members (excludes halogenated alkanes) is 3. The summed E-state index contributed by atoms with van der Waals surface area (Å²) in [6, 6.07) is 12.1. The van der Waals surface area contributed by atoms with Gasteiger partial charge in [-0.15, -0.1) is 24.8 Å². The molecule has 0 radical (unpaired) electrons. The number of aliphatic hydroxyl groups is 1. The molecule has 4 N–H and O–H groups in total. The van der Waals surface area contributed by atoms with E-state index in [0.717, 1.165) is 55.5 Å². The van der Waals surface area contributed by atoms with E-state index in [1.807, 2.05) is 18.2 Å². The summed E-state index contributed by atoms with van der Waals surface area (Å²) in [5.41, 5.74) is 7.92. The van der Waals surface area contributed by atoms with Gasteiger partial charge < -0.3 is 15.3 Å². The first kappa shape index (κ1) is 28.5. The van der Waals surface area contributed by atoms with Gasteiger partial charge in [0.2, 0.25) is 0 Å². The molecule has 0 bridgehead atoms. The topological polar surface area (TPSA) is 76.0 Å². The molecular formula is C25H38Cl2N2O3. The zero-order valence-electron chi connectivity index (χ0n) is 18.9. The van der Waals surface area contributed by atoms with Gasteiger partial charge in [0, 0.05) is 24.7 Å². The molecule has 1 unspecified atom stereocenters. The molecule has 2 aromatic carbocycles. The highest BCUT2D eigenvalue weighted by atomic mass is 35.5. The van der Waals surface area contributed by atoms with Crippen LogP contribution in [0.25, 0.3) is 0 Å². The molecule has 0 amide bonds. The molecule has 180 valence electrons. The molecule has 0 saturated heterocycles. The minimum Gasteiger partial charge on any atom is -0.504 e. The zero-order valence-corrected chi connectivity index (χ0v) is 20.6. The number of phenols is 2. The number of benzene rings is 2. The zero-order chi connectivity index (χ0) is 21.3. The maximum Gasteiger partial charge on any atom is 0.160 e. The Balaban J connectivity index is 0.00000256. The summed E-state index contributed by atoms with van der Waals surface area (Å²) in [5.74, 6) is 0.0358. The molecule has 0 aromatic heterocycles. The molecule has 7 heteroatoms. The molecule has 0 spiro atoms. The van der Waals surface area contributed by atoms with E-state index in [1.165, 1.54) is 31.2 Å². The fraction of sp³-hybridized carbons (Fsp3) is 0.520. The Bertz CT molecular complexity index is 803. The van der Waals surface area contributed by atoms with E-state index in [1.54, 1.807) is 6.07 Å². The molecular weight excluding hydrogens is 447 g/mol. The van der Waals surface area contributed by atoms with Crippen molar-refractivity contribution in [2.75, 3.05) is 13.1 Å². The van der Waals surface area contributed by atoms with Crippen LogP contribution in [0.5, 0.6) is 11.5 Å². The predicted molar refractivity (Wildman–Crippen MR) is 135 cm³/mol. The van der Waals surface area contributed by atoms with Crippen molar-refractivity contribution >= 4 is 24.8 Å². The van der Waals surface area contributed by atoms with Crippen LogP contribution in [-0.4, -0.2) is 39.5 Å². The molecule has 0 fully saturated rings. The average molecular weight is 485 g/mol. The van der Waals surface area contributed by atoms with Crippen molar-refractivity contribution in [1.29, 1.82) is 0 Å². The SMILES string of the molecule is CCCCCCN(NCCc1ccc(CO)cc1)C1CCc2c(ccc(O)c2O)C1.Cl.Cl. The van der Waals surface area contributed by atoms with Crippen LogP contribution in [0.1, 0.15) is 61.3 Å². The Kier molecular flexibility index (Phi) is 13.0. The van der Waals surface area contributed by atoms with Gasteiger partial charge in [0.25, 0.3) is 0 Å². The van der Waals surface area contributed by atoms with Gasteiger partial charge in [0.1, 0.15) is 0 Å². The average Bonchev–Trinajstić information content (AvgIpc) is 2.78. The van der Waals surface area contributed by atoms with Crippen LogP contribution < -0.4 is 5.43 Å². The summed E-state index contributed by atoms with van der Waals surface area (Å²) in [7, 11) is 0. The van der Waals surface area contributed by atoms with Gasteiger partial charge in [-0.05, 0) is 54.9 Å². The number of fused-ring (bicyclic) bond motifs is 1. The van der Waals surface area contributed by atoms with Crippen LogP contribution in [0.4, 0.5) is 0 Å². The second-order valence-corrected chi connectivity index (χ2v) is 8.35. The molecule has 2 aromatic rings. The molecule has 0 heterocycles. The van der Waals surface area contributed by atoms with E-state index < -0.39 is 0 Å². The molecule has 1 atom stereocenters. The van der Waals surface area contributed by atoms with Gasteiger partial charge in [-0.1, -0.05) is 56.5 Å². The highest BCUT2D eigenvalue weighted by Gasteiger charge is 2.26. The van der Waals surface area contributed by atoms with Gasteiger partial charge in [0.15, 0.2) is 11.5 Å². The summed E-state index contributed by atoms with van der Waals surface area (Å²) in [4.78, 5) is 0. The first-order valence-electron chi connectivity index (χ1n) is 11.3. The van der Waals surface area contributed by atoms with Crippen molar-refractivity contribution in [1.82, 2.24) is 10.4 Å². The van der Waals surface area contributed by atoms with E-state index in [4.69, 9.17) is 0 Å². The van der Waals surface area contributed by atoms with E-state index in [9.17, 15) is 15.3 Å². The minimum absolute atomic E-state index is 0. The lowest BCUT2D eigenvalue weighted by molar-refractivity contribution is 0.109. The lowest BCUT2D eigenvalue weighted by atomic mass is 9.87. The standard InChI is InChI=1S/C25H36N2O3.2ClH/c1-2-3-4-5-16-27(26-15-14-19-6-8-20(18-28)9-7-19)22-11-12-23-21(17-22)10-13-24(29)25(23)30;;/h6-10,13,22,26,28-30H,2-5,11-12,14-18H2,1H3;2*1H. The molecule has 1 aliphatic carbocycles. The van der Waals surface area contributed by atoms with Crippen molar-refractivity contribution in [3.63, 3.8) is 0 Å². The first-order chi connectivity index (χ1) is 14.6. The second-order valence-electron chi connectivity index (χ2n) is 8.35. The lowest BCUT2D eigenvalue weighted by Crippen LogP contribution is -2.49. The highest BCUT2D eigenvalue weighted by molar-refractivity contribution is 5.85. The Morgan fingerprint density at radius 1 is 0.969 bits per heavy atom. The van der Waals surface area contributed by atoms with E-state index in [2.05, 4.69) is 29.5 Å². The molecule has 1 aliphatic rings. The summed E-state index contributed by atoms with van der Waals surface area (Å²) in [6.45, 7) is 4.21. The maximum atomic E-state index is 10.2. The van der Waals surface area contributed by atoms with Crippen molar-refractivity contribution in [2.45, 2.75) is 70.9 Å². The van der Waals surface area contributed by atoms with E-state index in [0.29, 0.717) is 6.04 Å². The van der Waals surface area contributed by atoms with Crippen LogP contribution >= 0.6 is 24.8 Å². The monoisotopic (exact) mass is 484 g/mol. The number of hydrogen-bond acceptors (Lipinski definition) is 5. The number of hydrogen-bond donors (Lipinski definition) is 4. The fourth-order valence-electron chi connectivity index (χ4n) is 4.32. The first-order valence-corrected chi connectivity index (χ1v) is 11.3. The van der Waals surface area contributed by atoms with Crippen LogP contribution in [-0.2, 0) is 25.9 Å². The largest absolute Gasteiger partial charge is 0.504 e. The van der Waals surface area contributed by atoms with Crippen molar-refractivity contribution in [2.24, 2.45) is 0 Å². The number of nitrogens with one attached hydrogen (secondary N) is 1.